The molecule has 0 fully saturated rings. The maximum atomic E-state index is 13.1. The summed E-state index contributed by atoms with van der Waals surface area (Å²) in [4.78, 5) is 9.06. The number of aliphatic hydroxyl groups excluding tert-OH is 1. The summed E-state index contributed by atoms with van der Waals surface area (Å²) < 4.78 is 20.6. The van der Waals surface area contributed by atoms with Crippen LogP contribution in [0.2, 0.25) is 0 Å². The summed E-state index contributed by atoms with van der Waals surface area (Å²) >= 11 is 0. The van der Waals surface area contributed by atoms with E-state index in [-0.39, 0.29) is 12.4 Å². The van der Waals surface area contributed by atoms with Gasteiger partial charge in [0.2, 0.25) is 11.8 Å². The van der Waals surface area contributed by atoms with Gasteiger partial charge in [0.05, 0.1) is 29.9 Å². The number of anilines is 1. The Kier molecular flexibility index (Phi) is 4.37. The Morgan fingerprint density at radius 2 is 1.88 bits per heavy atom. The quantitative estimate of drug-likeness (QED) is 0.557. The highest BCUT2D eigenvalue weighted by atomic mass is 19.1. The van der Waals surface area contributed by atoms with E-state index in [1.807, 2.05) is 28.8 Å². The highest BCUT2D eigenvalue weighted by Gasteiger charge is 2.13. The Hall–Kier alpha value is -3.19. The molecule has 6 nitrogen and oxygen atoms in total. The fraction of sp³-hybridized carbons (Fsp3) is 0.158. The van der Waals surface area contributed by atoms with Gasteiger partial charge in [0.1, 0.15) is 12.1 Å². The Morgan fingerprint density at radius 1 is 1.08 bits per heavy atom. The minimum absolute atomic E-state index is 0.0158. The van der Waals surface area contributed by atoms with Gasteiger partial charge in [0.25, 0.3) is 0 Å². The van der Waals surface area contributed by atoms with Crippen LogP contribution in [0.5, 0.6) is 0 Å². The molecule has 2 aromatic heterocycles. The van der Waals surface area contributed by atoms with Crippen molar-refractivity contribution in [1.82, 2.24) is 14.5 Å². The molecule has 4 rings (SSSR count). The van der Waals surface area contributed by atoms with Crippen LogP contribution in [0.25, 0.3) is 22.5 Å². The number of oxazole rings is 1. The van der Waals surface area contributed by atoms with Gasteiger partial charge >= 0.3 is 0 Å². The number of hydrogen-bond donors (Lipinski definition) is 2. The van der Waals surface area contributed by atoms with E-state index < -0.39 is 0 Å². The first-order valence-electron chi connectivity index (χ1n) is 8.25. The van der Waals surface area contributed by atoms with Gasteiger partial charge in [-0.15, -0.1) is 0 Å². The maximum Gasteiger partial charge on any atom is 0.226 e. The SMILES string of the molecule is OCCNc1nc2ccccc2n1Cc1coc(-c2ccc(F)cc2)n1. The monoisotopic (exact) mass is 352 g/mol. The molecule has 0 aliphatic heterocycles. The van der Waals surface area contributed by atoms with Crippen LogP contribution in [-0.2, 0) is 6.54 Å². The predicted octanol–water partition coefficient (Wildman–Crippen LogP) is 3.28. The van der Waals surface area contributed by atoms with E-state index in [0.29, 0.717) is 30.5 Å². The number of rotatable bonds is 6. The lowest BCUT2D eigenvalue weighted by atomic mass is 10.2. The number of hydrogen-bond acceptors (Lipinski definition) is 5. The van der Waals surface area contributed by atoms with E-state index in [0.717, 1.165) is 16.7 Å². The predicted molar refractivity (Wildman–Crippen MR) is 96.3 cm³/mol. The van der Waals surface area contributed by atoms with Crippen molar-refractivity contribution >= 4 is 17.0 Å². The zero-order valence-electron chi connectivity index (χ0n) is 13.9. The van der Waals surface area contributed by atoms with Crippen LogP contribution in [0.4, 0.5) is 10.3 Å². The van der Waals surface area contributed by atoms with Gasteiger partial charge in [-0.3, -0.25) is 0 Å². The van der Waals surface area contributed by atoms with Gasteiger partial charge in [-0.25, -0.2) is 14.4 Å². The lowest BCUT2D eigenvalue weighted by Gasteiger charge is -2.08. The number of benzene rings is 2. The highest BCUT2D eigenvalue weighted by molar-refractivity contribution is 5.78. The van der Waals surface area contributed by atoms with Crippen molar-refractivity contribution in [1.29, 1.82) is 0 Å². The molecule has 132 valence electrons. The van der Waals surface area contributed by atoms with Crippen LogP contribution in [0.3, 0.4) is 0 Å². The van der Waals surface area contributed by atoms with E-state index in [2.05, 4.69) is 15.3 Å². The molecule has 0 spiro atoms. The van der Waals surface area contributed by atoms with Crippen molar-refractivity contribution in [3.63, 3.8) is 0 Å². The van der Waals surface area contributed by atoms with Crippen molar-refractivity contribution in [2.75, 3.05) is 18.5 Å². The molecule has 26 heavy (non-hydrogen) atoms. The summed E-state index contributed by atoms with van der Waals surface area (Å²) in [6.07, 6.45) is 1.59. The molecule has 7 heteroatoms. The summed E-state index contributed by atoms with van der Waals surface area (Å²) in [5.41, 5.74) is 3.25. The van der Waals surface area contributed by atoms with E-state index in [9.17, 15) is 4.39 Å². The van der Waals surface area contributed by atoms with Crippen molar-refractivity contribution in [3.05, 3.63) is 66.3 Å². The second kappa shape index (κ2) is 6.97. The minimum Gasteiger partial charge on any atom is -0.444 e. The van der Waals surface area contributed by atoms with E-state index in [1.165, 1.54) is 12.1 Å². The fourth-order valence-electron chi connectivity index (χ4n) is 2.80. The number of para-hydroxylation sites is 2. The molecular weight excluding hydrogens is 335 g/mol. The van der Waals surface area contributed by atoms with Gasteiger partial charge in [-0.2, -0.15) is 0 Å². The summed E-state index contributed by atoms with van der Waals surface area (Å²) in [5.74, 6) is 0.797. The number of halogens is 1. The number of imidazole rings is 1. The van der Waals surface area contributed by atoms with Gasteiger partial charge in [0, 0.05) is 12.1 Å². The molecule has 0 atom stereocenters. The molecule has 0 saturated carbocycles. The van der Waals surface area contributed by atoms with Crippen LogP contribution < -0.4 is 5.32 Å². The summed E-state index contributed by atoms with van der Waals surface area (Å²) in [6, 6.07) is 13.8. The third-order valence-corrected chi connectivity index (χ3v) is 4.01. The van der Waals surface area contributed by atoms with Crippen molar-refractivity contribution < 1.29 is 13.9 Å². The molecule has 4 aromatic rings. The Bertz CT molecular complexity index is 1020. The maximum absolute atomic E-state index is 13.1. The van der Waals surface area contributed by atoms with Crippen molar-refractivity contribution in [2.45, 2.75) is 6.54 Å². The first-order chi connectivity index (χ1) is 12.7. The smallest absolute Gasteiger partial charge is 0.226 e. The number of nitrogens with zero attached hydrogens (tertiary/aromatic N) is 3. The third kappa shape index (κ3) is 3.16. The van der Waals surface area contributed by atoms with Crippen LogP contribution in [0.1, 0.15) is 5.69 Å². The molecular formula is C19H17FN4O2. The molecule has 2 aromatic carbocycles. The second-order valence-electron chi connectivity index (χ2n) is 5.81. The standard InChI is InChI=1S/C19H17FN4O2/c20-14-7-5-13(6-8-14)18-22-15(12-26-18)11-24-17-4-2-1-3-16(17)23-19(24)21-9-10-25/h1-8,12,25H,9-11H2,(H,21,23). The summed E-state index contributed by atoms with van der Waals surface area (Å²) in [7, 11) is 0. The topological polar surface area (TPSA) is 76.1 Å². The van der Waals surface area contributed by atoms with Gasteiger partial charge < -0.3 is 19.4 Å². The number of fused-ring (bicyclic) bond motifs is 1. The Morgan fingerprint density at radius 3 is 2.69 bits per heavy atom. The Balaban J connectivity index is 1.65. The number of aromatic nitrogens is 3. The molecule has 0 aliphatic rings. The summed E-state index contributed by atoms with van der Waals surface area (Å²) in [5, 5.41) is 12.2. The van der Waals surface area contributed by atoms with Crippen LogP contribution in [-0.4, -0.2) is 32.8 Å². The van der Waals surface area contributed by atoms with Gasteiger partial charge in [-0.05, 0) is 36.4 Å². The minimum atomic E-state index is -0.301. The molecule has 2 N–H and O–H groups in total. The van der Waals surface area contributed by atoms with Crippen molar-refractivity contribution in [3.8, 4) is 11.5 Å². The molecule has 0 bridgehead atoms. The first kappa shape index (κ1) is 16.3. The van der Waals surface area contributed by atoms with Crippen LogP contribution >= 0.6 is 0 Å². The van der Waals surface area contributed by atoms with Gasteiger partial charge in [-0.1, -0.05) is 12.1 Å². The largest absolute Gasteiger partial charge is 0.444 e. The molecule has 2 heterocycles. The van der Waals surface area contributed by atoms with E-state index in [1.54, 1.807) is 18.4 Å². The van der Waals surface area contributed by atoms with Crippen molar-refractivity contribution in [2.24, 2.45) is 0 Å². The van der Waals surface area contributed by atoms with Gasteiger partial charge in [0.15, 0.2) is 0 Å². The summed E-state index contributed by atoms with van der Waals surface area (Å²) in [6.45, 7) is 0.879. The average molecular weight is 352 g/mol. The normalized spacial score (nSPS) is 11.2. The van der Waals surface area contributed by atoms with Crippen LogP contribution in [0, 0.1) is 5.82 Å². The zero-order valence-corrected chi connectivity index (χ0v) is 13.9. The third-order valence-electron chi connectivity index (χ3n) is 4.01. The molecule has 0 radical (unpaired) electrons. The lowest BCUT2D eigenvalue weighted by molar-refractivity contribution is 0.310. The molecule has 0 saturated heterocycles. The Labute approximate surface area is 148 Å². The second-order valence-corrected chi connectivity index (χ2v) is 5.81. The zero-order chi connectivity index (χ0) is 17.9. The lowest BCUT2D eigenvalue weighted by Crippen LogP contribution is -2.12. The molecule has 0 aliphatic carbocycles. The molecule has 0 unspecified atom stereocenters. The fourth-order valence-corrected chi connectivity index (χ4v) is 2.80. The van der Waals surface area contributed by atoms with E-state index in [4.69, 9.17) is 9.52 Å². The van der Waals surface area contributed by atoms with E-state index >= 15 is 0 Å². The average Bonchev–Trinajstić information content (AvgIpc) is 3.26. The number of nitrogens with one attached hydrogen (secondary N) is 1. The van der Waals surface area contributed by atoms with Crippen LogP contribution in [0.15, 0.2) is 59.2 Å². The number of aliphatic hydroxyl groups is 1. The molecule has 0 amide bonds. The first-order valence-corrected chi connectivity index (χ1v) is 8.25. The highest BCUT2D eigenvalue weighted by Crippen LogP contribution is 2.23.